The van der Waals surface area contributed by atoms with Gasteiger partial charge in [0.25, 0.3) is 0 Å². The van der Waals surface area contributed by atoms with Crippen LogP contribution in [0.15, 0.2) is 28.7 Å². The van der Waals surface area contributed by atoms with E-state index in [4.69, 9.17) is 5.10 Å². The van der Waals surface area contributed by atoms with E-state index in [0.717, 1.165) is 23.1 Å². The Morgan fingerprint density at radius 3 is 2.67 bits per heavy atom. The summed E-state index contributed by atoms with van der Waals surface area (Å²) in [6.07, 6.45) is 3.55. The molecule has 0 aliphatic carbocycles. The van der Waals surface area contributed by atoms with Crippen molar-refractivity contribution in [3.63, 3.8) is 0 Å². The van der Waals surface area contributed by atoms with Crippen molar-refractivity contribution in [2.75, 3.05) is 11.9 Å². The van der Waals surface area contributed by atoms with Crippen LogP contribution in [0, 0.1) is 0 Å². The Hall–Kier alpha value is -1.29. The summed E-state index contributed by atoms with van der Waals surface area (Å²) >= 11 is 3.65. The summed E-state index contributed by atoms with van der Waals surface area (Å²) in [5, 5.41) is 8.55. The first-order valence-corrected chi connectivity index (χ1v) is 8.39. The Bertz CT molecular complexity index is 653. The van der Waals surface area contributed by atoms with Gasteiger partial charge >= 0.3 is 0 Å². The van der Waals surface area contributed by atoms with E-state index in [1.807, 2.05) is 6.07 Å². The first-order chi connectivity index (χ1) is 9.98. The Labute approximate surface area is 134 Å². The van der Waals surface area contributed by atoms with Crippen LogP contribution in [-0.4, -0.2) is 16.3 Å². The number of hydrogen-bond donors (Lipinski definition) is 1. The molecule has 0 spiro atoms. The van der Waals surface area contributed by atoms with Crippen molar-refractivity contribution in [2.45, 2.75) is 45.4 Å². The third-order valence-corrected chi connectivity index (χ3v) is 4.59. The molecule has 0 amide bonds. The SMILES string of the molecule is CC(C)(C)c1nn(-c2ccccc2Br)c2c1CCCCN2. The number of benzene rings is 1. The normalized spacial score (nSPS) is 15.2. The molecule has 0 fully saturated rings. The van der Waals surface area contributed by atoms with Crippen LogP contribution in [-0.2, 0) is 11.8 Å². The van der Waals surface area contributed by atoms with Crippen molar-refractivity contribution in [1.29, 1.82) is 0 Å². The molecule has 112 valence electrons. The summed E-state index contributed by atoms with van der Waals surface area (Å²) in [5.41, 5.74) is 3.75. The number of hydrogen-bond acceptors (Lipinski definition) is 2. The smallest absolute Gasteiger partial charge is 0.133 e. The van der Waals surface area contributed by atoms with Gasteiger partial charge in [-0.05, 0) is 47.3 Å². The third-order valence-electron chi connectivity index (χ3n) is 3.92. The highest BCUT2D eigenvalue weighted by molar-refractivity contribution is 9.10. The molecule has 4 heteroatoms. The van der Waals surface area contributed by atoms with Crippen LogP contribution in [0.3, 0.4) is 0 Å². The van der Waals surface area contributed by atoms with E-state index in [-0.39, 0.29) is 5.41 Å². The highest BCUT2D eigenvalue weighted by Gasteiger charge is 2.28. The van der Waals surface area contributed by atoms with Crippen molar-refractivity contribution in [3.8, 4) is 5.69 Å². The van der Waals surface area contributed by atoms with E-state index in [2.05, 4.69) is 64.9 Å². The van der Waals surface area contributed by atoms with Crippen LogP contribution in [0.4, 0.5) is 5.82 Å². The Balaban J connectivity index is 2.22. The fourth-order valence-electron chi connectivity index (χ4n) is 2.90. The summed E-state index contributed by atoms with van der Waals surface area (Å²) in [6.45, 7) is 7.74. The molecule has 0 saturated heterocycles. The third kappa shape index (κ3) is 2.73. The van der Waals surface area contributed by atoms with Crippen molar-refractivity contribution in [1.82, 2.24) is 9.78 Å². The predicted octanol–water partition coefficient (Wildman–Crippen LogP) is 4.68. The van der Waals surface area contributed by atoms with Crippen LogP contribution in [0.1, 0.15) is 44.9 Å². The summed E-state index contributed by atoms with van der Waals surface area (Å²) in [7, 11) is 0. The van der Waals surface area contributed by atoms with Gasteiger partial charge in [0, 0.05) is 22.0 Å². The molecule has 0 atom stereocenters. The largest absolute Gasteiger partial charge is 0.370 e. The molecule has 3 rings (SSSR count). The van der Waals surface area contributed by atoms with Gasteiger partial charge in [0.1, 0.15) is 5.82 Å². The predicted molar refractivity (Wildman–Crippen MR) is 91.4 cm³/mol. The van der Waals surface area contributed by atoms with Crippen LogP contribution in [0.2, 0.25) is 0 Å². The van der Waals surface area contributed by atoms with Crippen LogP contribution >= 0.6 is 15.9 Å². The maximum atomic E-state index is 4.96. The molecule has 21 heavy (non-hydrogen) atoms. The number of halogens is 1. The number of fused-ring (bicyclic) bond motifs is 1. The molecule has 1 N–H and O–H groups in total. The molecule has 1 aromatic heterocycles. The molecule has 1 aliphatic rings. The number of aromatic nitrogens is 2. The lowest BCUT2D eigenvalue weighted by Crippen LogP contribution is -2.15. The van der Waals surface area contributed by atoms with Gasteiger partial charge in [0.15, 0.2) is 0 Å². The second kappa shape index (κ2) is 5.48. The summed E-state index contributed by atoms with van der Waals surface area (Å²) in [5.74, 6) is 1.17. The molecular formula is C17H22BrN3. The molecule has 0 bridgehead atoms. The molecular weight excluding hydrogens is 326 g/mol. The van der Waals surface area contributed by atoms with Crippen LogP contribution in [0.5, 0.6) is 0 Å². The average molecular weight is 348 g/mol. The van der Waals surface area contributed by atoms with Gasteiger partial charge in [-0.15, -0.1) is 0 Å². The second-order valence-corrected chi connectivity index (χ2v) is 7.53. The Morgan fingerprint density at radius 2 is 1.95 bits per heavy atom. The van der Waals surface area contributed by atoms with Crippen molar-refractivity contribution < 1.29 is 0 Å². The summed E-state index contributed by atoms with van der Waals surface area (Å²) < 4.78 is 3.15. The first-order valence-electron chi connectivity index (χ1n) is 7.59. The van der Waals surface area contributed by atoms with Gasteiger partial charge in [0.2, 0.25) is 0 Å². The van der Waals surface area contributed by atoms with Crippen molar-refractivity contribution in [2.24, 2.45) is 0 Å². The first kappa shape index (κ1) is 14.6. The molecule has 2 heterocycles. The van der Waals surface area contributed by atoms with Gasteiger partial charge in [-0.25, -0.2) is 4.68 Å². The lowest BCUT2D eigenvalue weighted by molar-refractivity contribution is 0.552. The summed E-state index contributed by atoms with van der Waals surface area (Å²) in [4.78, 5) is 0. The fourth-order valence-corrected chi connectivity index (χ4v) is 3.36. The van der Waals surface area contributed by atoms with Gasteiger partial charge in [-0.1, -0.05) is 32.9 Å². The number of nitrogens with zero attached hydrogens (tertiary/aromatic N) is 2. The van der Waals surface area contributed by atoms with Crippen LogP contribution < -0.4 is 5.32 Å². The minimum Gasteiger partial charge on any atom is -0.370 e. The average Bonchev–Trinajstić information content (AvgIpc) is 2.63. The van der Waals surface area contributed by atoms with Crippen molar-refractivity contribution >= 4 is 21.7 Å². The zero-order valence-corrected chi connectivity index (χ0v) is 14.5. The van der Waals surface area contributed by atoms with E-state index in [0.29, 0.717) is 0 Å². The Kier molecular flexibility index (Phi) is 3.82. The van der Waals surface area contributed by atoms with E-state index in [1.54, 1.807) is 0 Å². The number of nitrogens with one attached hydrogen (secondary N) is 1. The summed E-state index contributed by atoms with van der Waals surface area (Å²) in [6, 6.07) is 8.27. The monoisotopic (exact) mass is 347 g/mol. The minimum absolute atomic E-state index is 0.0581. The molecule has 0 unspecified atom stereocenters. The zero-order valence-electron chi connectivity index (χ0n) is 12.9. The molecule has 2 aromatic rings. The zero-order chi connectivity index (χ0) is 15.0. The lowest BCUT2D eigenvalue weighted by Gasteiger charge is -2.17. The maximum Gasteiger partial charge on any atom is 0.133 e. The van der Waals surface area contributed by atoms with Gasteiger partial charge in [-0.3, -0.25) is 0 Å². The van der Waals surface area contributed by atoms with Gasteiger partial charge in [0.05, 0.1) is 11.4 Å². The van der Waals surface area contributed by atoms with E-state index >= 15 is 0 Å². The molecule has 0 saturated carbocycles. The number of para-hydroxylation sites is 1. The standard InChI is InChI=1S/C17H22BrN3/c1-17(2,3)15-12-8-6-7-11-19-16(12)21(20-15)14-10-5-4-9-13(14)18/h4-5,9-10,19H,6-8,11H2,1-3H3. The number of anilines is 1. The topological polar surface area (TPSA) is 29.9 Å². The fraction of sp³-hybridized carbons (Fsp3) is 0.471. The maximum absolute atomic E-state index is 4.96. The molecule has 0 radical (unpaired) electrons. The van der Waals surface area contributed by atoms with Crippen molar-refractivity contribution in [3.05, 3.63) is 40.0 Å². The molecule has 1 aromatic carbocycles. The molecule has 1 aliphatic heterocycles. The molecule has 3 nitrogen and oxygen atoms in total. The van der Waals surface area contributed by atoms with Gasteiger partial charge in [-0.2, -0.15) is 5.10 Å². The number of rotatable bonds is 1. The quantitative estimate of drug-likeness (QED) is 0.811. The lowest BCUT2D eigenvalue weighted by atomic mass is 9.88. The van der Waals surface area contributed by atoms with E-state index < -0.39 is 0 Å². The highest BCUT2D eigenvalue weighted by atomic mass is 79.9. The van der Waals surface area contributed by atoms with E-state index in [1.165, 1.54) is 29.9 Å². The van der Waals surface area contributed by atoms with E-state index in [9.17, 15) is 0 Å². The Morgan fingerprint density at radius 1 is 1.19 bits per heavy atom. The van der Waals surface area contributed by atoms with Crippen LogP contribution in [0.25, 0.3) is 5.69 Å². The highest BCUT2D eigenvalue weighted by Crippen LogP contribution is 2.35. The van der Waals surface area contributed by atoms with Gasteiger partial charge < -0.3 is 5.32 Å². The minimum atomic E-state index is 0.0581. The second-order valence-electron chi connectivity index (χ2n) is 6.67.